The van der Waals surface area contributed by atoms with Crippen molar-refractivity contribution in [2.24, 2.45) is 10.9 Å². The highest BCUT2D eigenvalue weighted by Crippen LogP contribution is 2.27. The van der Waals surface area contributed by atoms with Crippen LogP contribution in [0.2, 0.25) is 0 Å². The summed E-state index contributed by atoms with van der Waals surface area (Å²) in [5.74, 6) is 1.38. The van der Waals surface area contributed by atoms with E-state index in [2.05, 4.69) is 55.7 Å². The molecule has 130 valence electrons. The van der Waals surface area contributed by atoms with E-state index in [1.165, 1.54) is 23.6 Å². The molecule has 0 bridgehead atoms. The highest BCUT2D eigenvalue weighted by molar-refractivity contribution is 5.92. The molecular formula is C20H29N3O. The Bertz CT molecular complexity index is 646. The number of nitrogens with one attached hydrogen (secondary N) is 2. The SMILES string of the molecule is CCc1ccc(CC(C)C)cc1C1C=CNC(C(C)NC(C)=O)=N1. The third-order valence-electron chi connectivity index (χ3n) is 4.17. The summed E-state index contributed by atoms with van der Waals surface area (Å²) >= 11 is 0. The quantitative estimate of drug-likeness (QED) is 0.840. The van der Waals surface area contributed by atoms with Crippen molar-refractivity contribution >= 4 is 11.7 Å². The van der Waals surface area contributed by atoms with E-state index in [1.807, 2.05) is 13.1 Å². The average molecular weight is 327 g/mol. The van der Waals surface area contributed by atoms with Gasteiger partial charge in [-0.15, -0.1) is 0 Å². The molecule has 0 aromatic heterocycles. The number of rotatable bonds is 6. The molecule has 1 aliphatic heterocycles. The molecule has 0 fully saturated rings. The lowest BCUT2D eigenvalue weighted by Gasteiger charge is -2.23. The van der Waals surface area contributed by atoms with Crippen molar-refractivity contribution in [3.8, 4) is 0 Å². The minimum Gasteiger partial charge on any atom is -0.349 e. The van der Waals surface area contributed by atoms with Crippen molar-refractivity contribution in [3.63, 3.8) is 0 Å². The maximum Gasteiger partial charge on any atom is 0.217 e. The summed E-state index contributed by atoms with van der Waals surface area (Å²) in [4.78, 5) is 16.1. The van der Waals surface area contributed by atoms with Crippen LogP contribution >= 0.6 is 0 Å². The maximum atomic E-state index is 11.3. The first kappa shape index (κ1) is 18.2. The van der Waals surface area contributed by atoms with E-state index in [1.54, 1.807) is 0 Å². The number of aryl methyl sites for hydroxylation is 1. The van der Waals surface area contributed by atoms with Crippen LogP contribution in [0.3, 0.4) is 0 Å². The third-order valence-corrected chi connectivity index (χ3v) is 4.17. The van der Waals surface area contributed by atoms with Crippen LogP contribution in [0.15, 0.2) is 35.5 Å². The zero-order chi connectivity index (χ0) is 17.7. The number of carbonyl (C=O) groups excluding carboxylic acids is 1. The smallest absolute Gasteiger partial charge is 0.217 e. The second-order valence-electron chi connectivity index (χ2n) is 6.87. The molecule has 1 aromatic carbocycles. The van der Waals surface area contributed by atoms with Crippen molar-refractivity contribution in [2.45, 2.75) is 59.5 Å². The van der Waals surface area contributed by atoms with Crippen LogP contribution < -0.4 is 10.6 Å². The Morgan fingerprint density at radius 1 is 1.33 bits per heavy atom. The average Bonchev–Trinajstić information content (AvgIpc) is 2.53. The van der Waals surface area contributed by atoms with Gasteiger partial charge in [-0.2, -0.15) is 0 Å². The Labute approximate surface area is 145 Å². The van der Waals surface area contributed by atoms with Crippen LogP contribution in [0.1, 0.15) is 57.4 Å². The number of hydrogen-bond acceptors (Lipinski definition) is 3. The van der Waals surface area contributed by atoms with Gasteiger partial charge in [-0.25, -0.2) is 0 Å². The molecule has 4 nitrogen and oxygen atoms in total. The molecule has 1 heterocycles. The summed E-state index contributed by atoms with van der Waals surface area (Å²) in [5.41, 5.74) is 3.95. The fraction of sp³-hybridized carbons (Fsp3) is 0.500. The lowest BCUT2D eigenvalue weighted by Crippen LogP contribution is -2.43. The van der Waals surface area contributed by atoms with Crippen LogP contribution in [0, 0.1) is 5.92 Å². The summed E-state index contributed by atoms with van der Waals surface area (Å²) in [6, 6.07) is 6.63. The van der Waals surface area contributed by atoms with Crippen molar-refractivity contribution in [2.75, 3.05) is 0 Å². The van der Waals surface area contributed by atoms with Gasteiger partial charge < -0.3 is 10.6 Å². The van der Waals surface area contributed by atoms with Gasteiger partial charge in [-0.3, -0.25) is 9.79 Å². The Morgan fingerprint density at radius 3 is 2.71 bits per heavy atom. The number of amidine groups is 1. The molecule has 1 aromatic rings. The van der Waals surface area contributed by atoms with Gasteiger partial charge in [0.05, 0.1) is 12.1 Å². The number of aliphatic imine (C=N–C) groups is 1. The summed E-state index contributed by atoms with van der Waals surface area (Å²) < 4.78 is 0. The number of amides is 1. The molecule has 2 atom stereocenters. The largest absolute Gasteiger partial charge is 0.349 e. The Balaban J connectivity index is 2.31. The van der Waals surface area contributed by atoms with Crippen molar-refractivity contribution in [1.82, 2.24) is 10.6 Å². The lowest BCUT2D eigenvalue weighted by molar-refractivity contribution is -0.119. The molecule has 1 amide bonds. The van der Waals surface area contributed by atoms with Gasteiger partial charge >= 0.3 is 0 Å². The summed E-state index contributed by atoms with van der Waals surface area (Å²) in [7, 11) is 0. The topological polar surface area (TPSA) is 53.5 Å². The van der Waals surface area contributed by atoms with Crippen LogP contribution in [0.25, 0.3) is 0 Å². The highest BCUT2D eigenvalue weighted by atomic mass is 16.1. The van der Waals surface area contributed by atoms with Gasteiger partial charge in [-0.1, -0.05) is 39.0 Å². The van der Waals surface area contributed by atoms with Gasteiger partial charge in [0.1, 0.15) is 5.84 Å². The van der Waals surface area contributed by atoms with Crippen LogP contribution in [-0.2, 0) is 17.6 Å². The van der Waals surface area contributed by atoms with Gasteiger partial charge in [-0.05, 0) is 48.4 Å². The van der Waals surface area contributed by atoms with E-state index in [0.717, 1.165) is 18.7 Å². The molecule has 0 aliphatic carbocycles. The first-order valence-corrected chi connectivity index (χ1v) is 8.80. The van der Waals surface area contributed by atoms with E-state index in [0.29, 0.717) is 5.92 Å². The minimum absolute atomic E-state index is 0.000444. The summed E-state index contributed by atoms with van der Waals surface area (Å²) in [6.45, 7) is 10.1. The van der Waals surface area contributed by atoms with Gasteiger partial charge in [0.2, 0.25) is 5.91 Å². The minimum atomic E-state index is -0.126. The van der Waals surface area contributed by atoms with E-state index in [9.17, 15) is 4.79 Å². The molecule has 2 unspecified atom stereocenters. The number of carbonyl (C=O) groups is 1. The van der Waals surface area contributed by atoms with Crippen LogP contribution in [0.4, 0.5) is 0 Å². The summed E-state index contributed by atoms with van der Waals surface area (Å²) in [5, 5.41) is 6.05. The van der Waals surface area contributed by atoms with E-state index < -0.39 is 0 Å². The normalized spacial score (nSPS) is 18.1. The Hall–Kier alpha value is -2.10. The van der Waals surface area contributed by atoms with E-state index >= 15 is 0 Å². The van der Waals surface area contributed by atoms with Crippen LogP contribution in [-0.4, -0.2) is 17.8 Å². The molecule has 0 saturated heterocycles. The second-order valence-corrected chi connectivity index (χ2v) is 6.87. The number of benzene rings is 1. The molecule has 0 spiro atoms. The number of nitrogens with zero attached hydrogens (tertiary/aromatic N) is 1. The van der Waals surface area contributed by atoms with Gasteiger partial charge in [0, 0.05) is 13.1 Å². The van der Waals surface area contributed by atoms with Crippen molar-refractivity contribution < 1.29 is 4.79 Å². The molecule has 0 saturated carbocycles. The first-order valence-electron chi connectivity index (χ1n) is 8.80. The maximum absolute atomic E-state index is 11.3. The third kappa shape index (κ3) is 4.70. The second kappa shape index (κ2) is 8.13. The predicted molar refractivity (Wildman–Crippen MR) is 100 cm³/mol. The Morgan fingerprint density at radius 2 is 2.08 bits per heavy atom. The van der Waals surface area contributed by atoms with Crippen LogP contribution in [0.5, 0.6) is 0 Å². The fourth-order valence-electron chi connectivity index (χ4n) is 3.08. The van der Waals surface area contributed by atoms with Gasteiger partial charge in [0.25, 0.3) is 0 Å². The highest BCUT2D eigenvalue weighted by Gasteiger charge is 2.19. The molecule has 1 aliphatic rings. The molecule has 0 radical (unpaired) electrons. The fourth-order valence-corrected chi connectivity index (χ4v) is 3.08. The molecule has 4 heteroatoms. The first-order chi connectivity index (χ1) is 11.4. The molecule has 2 N–H and O–H groups in total. The number of hydrogen-bond donors (Lipinski definition) is 2. The Kier molecular flexibility index (Phi) is 6.18. The van der Waals surface area contributed by atoms with Gasteiger partial charge in [0.15, 0.2) is 0 Å². The summed E-state index contributed by atoms with van der Waals surface area (Å²) in [6.07, 6.45) is 6.07. The molecule has 24 heavy (non-hydrogen) atoms. The van der Waals surface area contributed by atoms with Crippen molar-refractivity contribution in [1.29, 1.82) is 0 Å². The predicted octanol–water partition coefficient (Wildman–Crippen LogP) is 3.53. The standard InChI is InChI=1S/C20H29N3O/c1-6-17-8-7-16(11-13(2)3)12-18(17)19-9-10-21-20(23-19)14(4)22-15(5)24/h7-10,12-14,19H,6,11H2,1-5H3,(H,21,23)(H,22,24). The monoisotopic (exact) mass is 327 g/mol. The van der Waals surface area contributed by atoms with E-state index in [-0.39, 0.29) is 18.0 Å². The van der Waals surface area contributed by atoms with Crippen molar-refractivity contribution in [3.05, 3.63) is 47.2 Å². The zero-order valence-electron chi connectivity index (χ0n) is 15.4. The molecule has 2 rings (SSSR count). The lowest BCUT2D eigenvalue weighted by atomic mass is 9.93. The van der Waals surface area contributed by atoms with E-state index in [4.69, 9.17) is 4.99 Å². The zero-order valence-corrected chi connectivity index (χ0v) is 15.4. The molecular weight excluding hydrogens is 298 g/mol.